The molecule has 0 N–H and O–H groups in total. The summed E-state index contributed by atoms with van der Waals surface area (Å²) in [4.78, 5) is 0. The number of nitrogens with zero attached hydrogens (tertiary/aromatic N) is 2. The van der Waals surface area contributed by atoms with Crippen molar-refractivity contribution in [1.82, 2.24) is 5.01 Å². The first-order valence-electron chi connectivity index (χ1n) is 4.50. The Morgan fingerprint density at radius 2 is 2.25 bits per heavy atom. The fraction of sp³-hybridized carbons (Fsp3) is 0.700. The molecule has 0 radical (unpaired) electrons. The number of allylic oxidation sites excluding steroid dienone is 1. The minimum absolute atomic E-state index is 0.519. The summed E-state index contributed by atoms with van der Waals surface area (Å²) in [6, 6.07) is 0.519. The quantitative estimate of drug-likeness (QED) is 0.455. The lowest BCUT2D eigenvalue weighted by Crippen LogP contribution is -2.23. The molecule has 0 saturated carbocycles. The first-order chi connectivity index (χ1) is 5.57. The number of rotatable bonds is 5. The molecule has 0 aromatic carbocycles. The van der Waals surface area contributed by atoms with Crippen LogP contribution in [0.3, 0.4) is 0 Å². The molecule has 2 heteroatoms. The van der Waals surface area contributed by atoms with Crippen molar-refractivity contribution < 1.29 is 0 Å². The van der Waals surface area contributed by atoms with Crippen LogP contribution in [0.5, 0.6) is 0 Å². The lowest BCUT2D eigenvalue weighted by atomic mass is 10.2. The fourth-order valence-corrected chi connectivity index (χ4v) is 0.908. The van der Waals surface area contributed by atoms with E-state index in [1.807, 2.05) is 19.0 Å². The van der Waals surface area contributed by atoms with Gasteiger partial charge in [-0.05, 0) is 25.8 Å². The van der Waals surface area contributed by atoms with Crippen molar-refractivity contribution in [2.45, 2.75) is 39.7 Å². The molecule has 0 amide bonds. The van der Waals surface area contributed by atoms with Gasteiger partial charge in [-0.25, -0.2) is 0 Å². The molecule has 12 heavy (non-hydrogen) atoms. The van der Waals surface area contributed by atoms with Gasteiger partial charge in [0.25, 0.3) is 0 Å². The molecular formula is C10H20N2. The van der Waals surface area contributed by atoms with Crippen LogP contribution >= 0.6 is 0 Å². The van der Waals surface area contributed by atoms with Gasteiger partial charge in [0.15, 0.2) is 0 Å². The summed E-state index contributed by atoms with van der Waals surface area (Å²) < 4.78 is 0. The standard InChI is InChI=1S/C10H20N2/c1-6-7-10(4)12(5)11-8-9(2)3/h8,10H,2,6-7H2,1,3-5H3. The van der Waals surface area contributed by atoms with Gasteiger partial charge in [0.2, 0.25) is 0 Å². The number of hydrazone groups is 1. The second-order valence-corrected chi connectivity index (χ2v) is 3.30. The smallest absolute Gasteiger partial charge is 0.0493 e. The maximum absolute atomic E-state index is 4.25. The minimum atomic E-state index is 0.519. The van der Waals surface area contributed by atoms with E-state index in [0.29, 0.717) is 6.04 Å². The summed E-state index contributed by atoms with van der Waals surface area (Å²) in [6.07, 6.45) is 4.18. The normalized spacial score (nSPS) is 13.3. The van der Waals surface area contributed by atoms with Gasteiger partial charge in [-0.1, -0.05) is 19.9 Å². The lowest BCUT2D eigenvalue weighted by Gasteiger charge is -2.20. The first-order valence-corrected chi connectivity index (χ1v) is 4.50. The minimum Gasteiger partial charge on any atom is -0.297 e. The third-order valence-corrected chi connectivity index (χ3v) is 1.80. The number of hydrogen-bond donors (Lipinski definition) is 0. The van der Waals surface area contributed by atoms with Crippen LogP contribution in [0.25, 0.3) is 0 Å². The SMILES string of the molecule is C=C(C)C=NN(C)C(C)CCC. The molecule has 0 aliphatic carbocycles. The average Bonchev–Trinajstić information content (AvgIpc) is 2.00. The number of hydrogen-bond acceptors (Lipinski definition) is 2. The molecule has 0 bridgehead atoms. The monoisotopic (exact) mass is 168 g/mol. The summed E-state index contributed by atoms with van der Waals surface area (Å²) in [7, 11) is 2.00. The van der Waals surface area contributed by atoms with E-state index in [4.69, 9.17) is 0 Å². The third-order valence-electron chi connectivity index (χ3n) is 1.80. The van der Waals surface area contributed by atoms with Crippen LogP contribution in [-0.2, 0) is 0 Å². The van der Waals surface area contributed by atoms with Crippen LogP contribution in [0, 0.1) is 0 Å². The molecule has 0 fully saturated rings. The van der Waals surface area contributed by atoms with Crippen molar-refractivity contribution in [2.24, 2.45) is 5.10 Å². The summed E-state index contributed by atoms with van der Waals surface area (Å²) in [5.74, 6) is 0. The van der Waals surface area contributed by atoms with Gasteiger partial charge in [-0.2, -0.15) is 5.10 Å². The highest BCUT2D eigenvalue weighted by Gasteiger charge is 2.03. The van der Waals surface area contributed by atoms with Crippen molar-refractivity contribution in [3.05, 3.63) is 12.2 Å². The van der Waals surface area contributed by atoms with Gasteiger partial charge in [-0.15, -0.1) is 0 Å². The fourth-order valence-electron chi connectivity index (χ4n) is 0.908. The summed E-state index contributed by atoms with van der Waals surface area (Å²) >= 11 is 0. The van der Waals surface area contributed by atoms with E-state index >= 15 is 0 Å². The second-order valence-electron chi connectivity index (χ2n) is 3.30. The van der Waals surface area contributed by atoms with Gasteiger partial charge in [0, 0.05) is 19.3 Å². The first kappa shape index (κ1) is 11.2. The molecule has 0 heterocycles. The zero-order valence-corrected chi connectivity index (χ0v) is 8.67. The Kier molecular flexibility index (Phi) is 5.43. The highest BCUT2D eigenvalue weighted by molar-refractivity contribution is 5.76. The predicted octanol–water partition coefficient (Wildman–Crippen LogP) is 2.67. The van der Waals surface area contributed by atoms with Crippen LogP contribution in [0.2, 0.25) is 0 Å². The van der Waals surface area contributed by atoms with E-state index in [9.17, 15) is 0 Å². The highest BCUT2D eigenvalue weighted by Crippen LogP contribution is 2.03. The van der Waals surface area contributed by atoms with Gasteiger partial charge >= 0.3 is 0 Å². The molecule has 0 aromatic rings. The van der Waals surface area contributed by atoms with Gasteiger partial charge in [0.1, 0.15) is 0 Å². The molecule has 0 aliphatic heterocycles. The van der Waals surface area contributed by atoms with E-state index in [0.717, 1.165) is 5.57 Å². The maximum atomic E-state index is 4.25. The van der Waals surface area contributed by atoms with Crippen LogP contribution in [0.15, 0.2) is 17.3 Å². The van der Waals surface area contributed by atoms with Crippen molar-refractivity contribution in [3.8, 4) is 0 Å². The average molecular weight is 168 g/mol. The van der Waals surface area contributed by atoms with Gasteiger partial charge in [0.05, 0.1) is 0 Å². The summed E-state index contributed by atoms with van der Waals surface area (Å²) in [5, 5.41) is 6.24. The van der Waals surface area contributed by atoms with E-state index in [-0.39, 0.29) is 0 Å². The van der Waals surface area contributed by atoms with E-state index < -0.39 is 0 Å². The second kappa shape index (κ2) is 5.81. The molecular weight excluding hydrogens is 148 g/mol. The Morgan fingerprint density at radius 3 is 2.67 bits per heavy atom. The lowest BCUT2D eigenvalue weighted by molar-refractivity contribution is 0.258. The molecule has 70 valence electrons. The molecule has 0 rings (SSSR count). The Balaban J connectivity index is 3.85. The van der Waals surface area contributed by atoms with Crippen LogP contribution in [0.4, 0.5) is 0 Å². The van der Waals surface area contributed by atoms with Crippen molar-refractivity contribution in [2.75, 3.05) is 7.05 Å². The van der Waals surface area contributed by atoms with Gasteiger partial charge < -0.3 is 0 Å². The Labute approximate surface area is 76.0 Å². The largest absolute Gasteiger partial charge is 0.297 e. The predicted molar refractivity (Wildman–Crippen MR) is 55.4 cm³/mol. The maximum Gasteiger partial charge on any atom is 0.0493 e. The molecule has 0 aliphatic rings. The Hall–Kier alpha value is -0.790. The van der Waals surface area contributed by atoms with Crippen molar-refractivity contribution in [3.63, 3.8) is 0 Å². The molecule has 0 spiro atoms. The highest BCUT2D eigenvalue weighted by atomic mass is 15.4. The van der Waals surface area contributed by atoms with Gasteiger partial charge in [-0.3, -0.25) is 5.01 Å². The van der Waals surface area contributed by atoms with Crippen LogP contribution < -0.4 is 0 Å². The van der Waals surface area contributed by atoms with Crippen molar-refractivity contribution >= 4 is 6.21 Å². The third kappa shape index (κ3) is 4.94. The van der Waals surface area contributed by atoms with E-state index in [1.54, 1.807) is 6.21 Å². The molecule has 0 saturated heterocycles. The topological polar surface area (TPSA) is 15.6 Å². The Bertz CT molecular complexity index is 161. The summed E-state index contributed by atoms with van der Waals surface area (Å²) in [6.45, 7) is 10.1. The van der Waals surface area contributed by atoms with Crippen LogP contribution in [0.1, 0.15) is 33.6 Å². The van der Waals surface area contributed by atoms with Crippen LogP contribution in [-0.4, -0.2) is 24.3 Å². The zero-order chi connectivity index (χ0) is 9.56. The van der Waals surface area contributed by atoms with E-state index in [2.05, 4.69) is 25.5 Å². The van der Waals surface area contributed by atoms with Crippen molar-refractivity contribution in [1.29, 1.82) is 0 Å². The summed E-state index contributed by atoms with van der Waals surface area (Å²) in [5.41, 5.74) is 0.991. The van der Waals surface area contributed by atoms with E-state index in [1.165, 1.54) is 12.8 Å². The molecule has 2 nitrogen and oxygen atoms in total. The molecule has 1 atom stereocenters. The molecule has 1 unspecified atom stereocenters. The Morgan fingerprint density at radius 1 is 1.67 bits per heavy atom. The molecule has 0 aromatic heterocycles. The zero-order valence-electron chi connectivity index (χ0n) is 8.67.